The molecule has 0 aliphatic rings. The second-order valence-electron chi connectivity index (χ2n) is 1.60. The first-order chi connectivity index (χ1) is 4.06. The lowest BCUT2D eigenvalue weighted by molar-refractivity contribution is 0.264. The average molecular weight is 155 g/mol. The molecule has 0 aromatic carbocycles. The van der Waals surface area contributed by atoms with Crippen molar-refractivity contribution in [3.63, 3.8) is 0 Å². The van der Waals surface area contributed by atoms with Crippen LogP contribution in [0, 0.1) is 0 Å². The number of hydrogen-bond acceptors (Lipinski definition) is 3. The van der Waals surface area contributed by atoms with E-state index in [1.165, 1.54) is 0 Å². The first-order valence-corrected chi connectivity index (χ1v) is 4.04. The fraction of sp³-hybridized carbons (Fsp3) is 1.00. The van der Waals surface area contributed by atoms with Crippen molar-refractivity contribution in [3.8, 4) is 0 Å². The number of unbranched alkanes of at least 4 members (excludes halogenated alkanes) is 1. The van der Waals surface area contributed by atoms with Gasteiger partial charge in [-0.1, -0.05) is 13.3 Å². The van der Waals surface area contributed by atoms with Crippen molar-refractivity contribution in [2.75, 3.05) is 6.61 Å². The van der Waals surface area contributed by atoms with E-state index in [-0.39, 0.29) is 8.03 Å². The molecule has 0 aromatic rings. The van der Waals surface area contributed by atoms with Crippen molar-refractivity contribution >= 4 is 10.4 Å². The summed E-state index contributed by atoms with van der Waals surface area (Å²) in [5.41, 5.74) is 0. The zero-order valence-electron chi connectivity index (χ0n) is 6.20. The highest BCUT2D eigenvalue weighted by Gasteiger charge is 2.00. The van der Waals surface area contributed by atoms with Crippen LogP contribution in [0.1, 0.15) is 21.2 Å². The third kappa shape index (κ3) is 7.87. The van der Waals surface area contributed by atoms with Gasteiger partial charge in [0.15, 0.2) is 0 Å². The van der Waals surface area contributed by atoms with Gasteiger partial charge in [0.05, 0.1) is 6.61 Å². The molecule has 0 spiro atoms. The van der Waals surface area contributed by atoms with Crippen molar-refractivity contribution < 1.29 is 18.6 Å². The lowest BCUT2D eigenvalue weighted by atomic mass is 10.4. The van der Waals surface area contributed by atoms with E-state index < -0.39 is 10.4 Å². The lowest BCUT2D eigenvalue weighted by Gasteiger charge is -1.95. The summed E-state index contributed by atoms with van der Waals surface area (Å²) in [6, 6.07) is 0. The molecule has 0 saturated heterocycles. The molecule has 0 aromatic heterocycles. The topological polar surface area (TPSA) is 63.6 Å². The molecule has 5 heteroatoms. The van der Waals surface area contributed by atoms with Gasteiger partial charge >= 0.3 is 11.8 Å². The smallest absolute Gasteiger partial charge is 0.264 e. The molecule has 0 unspecified atom stereocenters. The van der Waals surface area contributed by atoms with Gasteiger partial charge in [0.2, 0.25) is 0 Å². The Morgan fingerprint density at radius 2 is 2.22 bits per heavy atom. The highest BCUT2D eigenvalue weighted by molar-refractivity contribution is 7.80. The average Bonchev–Trinajstić information content (AvgIpc) is 1.63. The molecule has 4 nitrogen and oxygen atoms in total. The monoisotopic (exact) mass is 155 g/mol. The highest BCUT2D eigenvalue weighted by Crippen LogP contribution is 1.91. The lowest BCUT2D eigenvalue weighted by Crippen LogP contribution is -2.04. The normalized spacial score (nSPS) is 11.8. The van der Waals surface area contributed by atoms with Gasteiger partial charge in [-0.25, -0.2) is 4.18 Å². The Morgan fingerprint density at radius 1 is 1.67 bits per heavy atom. The summed E-state index contributed by atoms with van der Waals surface area (Å²) in [7, 11) is -4.20. The van der Waals surface area contributed by atoms with Gasteiger partial charge in [-0.3, -0.25) is 4.55 Å². The van der Waals surface area contributed by atoms with E-state index in [0.29, 0.717) is 6.42 Å². The fourth-order valence-electron chi connectivity index (χ4n) is 0.309. The Morgan fingerprint density at radius 3 is 2.56 bits per heavy atom. The zero-order chi connectivity index (χ0) is 7.33. The third-order valence-corrected chi connectivity index (χ3v) is 1.19. The maximum absolute atomic E-state index is 9.84. The second-order valence-corrected chi connectivity index (χ2v) is 2.69. The van der Waals surface area contributed by atoms with Crippen LogP contribution in [-0.4, -0.2) is 19.6 Å². The van der Waals surface area contributed by atoms with E-state index in [0.717, 1.165) is 6.42 Å². The fourth-order valence-corrected chi connectivity index (χ4v) is 0.637. The molecule has 0 aliphatic carbocycles. The van der Waals surface area contributed by atoms with Gasteiger partial charge < -0.3 is 0 Å². The summed E-state index contributed by atoms with van der Waals surface area (Å²) < 4.78 is 31.7. The van der Waals surface area contributed by atoms with Crippen LogP contribution in [0.25, 0.3) is 0 Å². The van der Waals surface area contributed by atoms with Gasteiger partial charge in [0.1, 0.15) is 0 Å². The first-order valence-electron chi connectivity index (χ1n) is 2.68. The van der Waals surface area contributed by atoms with Gasteiger partial charge in [-0.15, -0.1) is 0 Å². The molecule has 0 aliphatic heterocycles. The molecule has 0 amide bonds. The Hall–Kier alpha value is -0.130. The minimum atomic E-state index is -4.20. The summed E-state index contributed by atoms with van der Waals surface area (Å²) in [5.74, 6) is 0. The molecular weight excluding hydrogens is 144 g/mol. The quantitative estimate of drug-likeness (QED) is 0.480. The Kier molecular flexibility index (Phi) is 3.76. The van der Waals surface area contributed by atoms with E-state index in [1.54, 1.807) is 0 Å². The van der Waals surface area contributed by atoms with Crippen molar-refractivity contribution in [3.05, 3.63) is 0 Å². The SMILES string of the molecule is CCCCOS(=O)(=O)O.[H+]. The summed E-state index contributed by atoms with van der Waals surface area (Å²) >= 11 is 0. The molecule has 0 bridgehead atoms. The predicted octanol–water partition coefficient (Wildman–Crippen LogP) is 0.718. The van der Waals surface area contributed by atoms with Gasteiger partial charge in [-0.05, 0) is 6.42 Å². The van der Waals surface area contributed by atoms with Gasteiger partial charge in [-0.2, -0.15) is 8.42 Å². The number of rotatable bonds is 4. The maximum atomic E-state index is 9.84. The first kappa shape index (κ1) is 8.87. The minimum Gasteiger partial charge on any atom is -0.264 e. The summed E-state index contributed by atoms with van der Waals surface area (Å²) in [6.07, 6.45) is 1.48. The van der Waals surface area contributed by atoms with Crippen LogP contribution in [0.15, 0.2) is 0 Å². The van der Waals surface area contributed by atoms with Gasteiger partial charge in [0.25, 0.3) is 0 Å². The minimum absolute atomic E-state index is 0. The van der Waals surface area contributed by atoms with Crippen LogP contribution < -0.4 is 0 Å². The van der Waals surface area contributed by atoms with Crippen molar-refractivity contribution in [2.24, 2.45) is 0 Å². The van der Waals surface area contributed by atoms with Crippen LogP contribution in [-0.2, 0) is 14.6 Å². The Balaban J connectivity index is 0. The summed E-state index contributed by atoms with van der Waals surface area (Å²) in [5, 5.41) is 0. The van der Waals surface area contributed by atoms with Crippen LogP contribution in [0.3, 0.4) is 0 Å². The molecule has 0 radical (unpaired) electrons. The summed E-state index contributed by atoms with van der Waals surface area (Å²) in [6.45, 7) is 1.96. The van der Waals surface area contributed by atoms with E-state index >= 15 is 0 Å². The predicted molar refractivity (Wildman–Crippen MR) is 33.5 cm³/mol. The van der Waals surface area contributed by atoms with Gasteiger partial charge in [0, 0.05) is 0 Å². The molecule has 9 heavy (non-hydrogen) atoms. The molecule has 56 valence electrons. The van der Waals surface area contributed by atoms with Crippen molar-refractivity contribution in [2.45, 2.75) is 19.8 Å². The van der Waals surface area contributed by atoms with E-state index in [4.69, 9.17) is 4.55 Å². The summed E-state index contributed by atoms with van der Waals surface area (Å²) in [4.78, 5) is 0. The van der Waals surface area contributed by atoms with Crippen LogP contribution in [0.4, 0.5) is 0 Å². The molecule has 0 heterocycles. The number of hydrogen-bond donors (Lipinski definition) is 1. The Labute approximate surface area is 56.3 Å². The van der Waals surface area contributed by atoms with E-state index in [2.05, 4.69) is 4.18 Å². The molecule has 1 N–H and O–H groups in total. The van der Waals surface area contributed by atoms with Crippen LogP contribution >= 0.6 is 0 Å². The Bertz CT molecular complexity index is 153. The molecule has 0 atom stereocenters. The standard InChI is InChI=1S/C4H10O4S/c1-2-3-4-8-9(5,6)7/h2-4H2,1H3,(H,5,6,7)/p+1. The molecular formula is C4H11O4S+. The van der Waals surface area contributed by atoms with Crippen LogP contribution in [0.2, 0.25) is 0 Å². The third-order valence-electron chi connectivity index (χ3n) is 0.730. The van der Waals surface area contributed by atoms with Crippen molar-refractivity contribution in [1.82, 2.24) is 0 Å². The van der Waals surface area contributed by atoms with E-state index in [9.17, 15) is 8.42 Å². The second kappa shape index (κ2) is 3.81. The van der Waals surface area contributed by atoms with E-state index in [1.807, 2.05) is 6.92 Å². The molecule has 0 fully saturated rings. The zero-order valence-corrected chi connectivity index (χ0v) is 6.02. The van der Waals surface area contributed by atoms with Crippen LogP contribution in [0.5, 0.6) is 0 Å². The largest absolute Gasteiger partial charge is 1.00 e. The maximum Gasteiger partial charge on any atom is 1.00 e. The molecule has 0 saturated carbocycles. The highest BCUT2D eigenvalue weighted by atomic mass is 32.3. The van der Waals surface area contributed by atoms with Crippen molar-refractivity contribution in [1.29, 1.82) is 0 Å². The molecule has 0 rings (SSSR count).